The predicted octanol–water partition coefficient (Wildman–Crippen LogP) is 3.56. The number of halogens is 1. The van der Waals surface area contributed by atoms with E-state index in [1.54, 1.807) is 37.4 Å². The Balaban J connectivity index is 1.74. The molecule has 0 atom stereocenters. The highest BCUT2D eigenvalue weighted by Crippen LogP contribution is 2.34. The summed E-state index contributed by atoms with van der Waals surface area (Å²) in [7, 11) is 0. The van der Waals surface area contributed by atoms with Gasteiger partial charge in [-0.05, 0) is 66.8 Å². The Morgan fingerprint density at radius 2 is 2.06 bits per heavy atom. The quantitative estimate of drug-likeness (QED) is 0.502. The Hall–Kier alpha value is -3.52. The molecule has 0 saturated heterocycles. The molecule has 160 valence electrons. The van der Waals surface area contributed by atoms with Gasteiger partial charge < -0.3 is 20.9 Å². The first-order chi connectivity index (χ1) is 14.9. The molecular weight excluding hydrogens is 399 g/mol. The van der Waals surface area contributed by atoms with Gasteiger partial charge >= 0.3 is 0 Å². The number of carbonyl (C=O) groups excluding carboxylic acids is 1. The monoisotopic (exact) mass is 422 g/mol. The van der Waals surface area contributed by atoms with E-state index in [0.29, 0.717) is 23.0 Å². The van der Waals surface area contributed by atoms with Gasteiger partial charge in [-0.25, -0.2) is 14.4 Å². The SMILES string of the molecule is Cc1cc(F)c(N)cc1-c1cc(OCCO)nc(-c2ccnc(NC(=O)C3CC3)c2)c1. The summed E-state index contributed by atoms with van der Waals surface area (Å²) >= 11 is 0. The first-order valence-corrected chi connectivity index (χ1v) is 10.0. The van der Waals surface area contributed by atoms with Crippen LogP contribution in [-0.4, -0.2) is 34.2 Å². The lowest BCUT2D eigenvalue weighted by molar-refractivity contribution is -0.117. The van der Waals surface area contributed by atoms with Gasteiger partial charge in [0.25, 0.3) is 0 Å². The molecule has 8 heteroatoms. The van der Waals surface area contributed by atoms with Crippen LogP contribution in [0.3, 0.4) is 0 Å². The number of aliphatic hydroxyl groups is 1. The average Bonchev–Trinajstić information content (AvgIpc) is 3.60. The fourth-order valence-electron chi connectivity index (χ4n) is 3.27. The second-order valence-corrected chi connectivity index (χ2v) is 7.53. The lowest BCUT2D eigenvalue weighted by atomic mass is 9.98. The van der Waals surface area contributed by atoms with E-state index < -0.39 is 5.82 Å². The highest BCUT2D eigenvalue weighted by atomic mass is 19.1. The molecule has 1 aliphatic rings. The van der Waals surface area contributed by atoms with Crippen LogP contribution in [0.4, 0.5) is 15.9 Å². The fraction of sp³-hybridized carbons (Fsp3) is 0.261. The van der Waals surface area contributed by atoms with Crippen LogP contribution in [0.15, 0.2) is 42.6 Å². The number of aromatic nitrogens is 2. The Kier molecular flexibility index (Phi) is 5.81. The Morgan fingerprint density at radius 3 is 2.81 bits per heavy atom. The van der Waals surface area contributed by atoms with Crippen LogP contribution < -0.4 is 15.8 Å². The molecule has 3 aromatic rings. The van der Waals surface area contributed by atoms with Gasteiger partial charge in [0.2, 0.25) is 11.8 Å². The third-order valence-corrected chi connectivity index (χ3v) is 5.05. The van der Waals surface area contributed by atoms with Gasteiger partial charge in [0, 0.05) is 23.7 Å². The maximum atomic E-state index is 13.8. The molecular formula is C23H23FN4O3. The van der Waals surface area contributed by atoms with Crippen LogP contribution in [0.1, 0.15) is 18.4 Å². The van der Waals surface area contributed by atoms with Crippen molar-refractivity contribution in [3.05, 3.63) is 54.0 Å². The summed E-state index contributed by atoms with van der Waals surface area (Å²) in [5.74, 6) is 0.316. The standard InChI is InChI=1S/C23H23FN4O3/c1-13-8-18(24)19(25)12-17(13)16-9-20(27-22(11-16)31-7-6-29)15-4-5-26-21(10-15)28-23(30)14-2-3-14/h4-5,8-12,14,29H,2-3,6-7,25H2,1H3,(H,26,28,30). The van der Waals surface area contributed by atoms with Gasteiger partial charge in [0.05, 0.1) is 18.0 Å². The lowest BCUT2D eigenvalue weighted by Crippen LogP contribution is -2.14. The van der Waals surface area contributed by atoms with Crippen LogP contribution >= 0.6 is 0 Å². The zero-order chi connectivity index (χ0) is 22.0. The molecule has 1 fully saturated rings. The molecule has 2 aromatic heterocycles. The summed E-state index contributed by atoms with van der Waals surface area (Å²) in [6.07, 6.45) is 3.41. The van der Waals surface area contributed by atoms with Crippen molar-refractivity contribution in [3.8, 4) is 28.3 Å². The molecule has 7 nitrogen and oxygen atoms in total. The van der Waals surface area contributed by atoms with E-state index >= 15 is 0 Å². The Labute approximate surface area is 179 Å². The van der Waals surface area contributed by atoms with Gasteiger partial charge in [-0.2, -0.15) is 0 Å². The van der Waals surface area contributed by atoms with E-state index in [4.69, 9.17) is 15.6 Å². The number of ether oxygens (including phenoxy) is 1. The summed E-state index contributed by atoms with van der Waals surface area (Å²) in [4.78, 5) is 20.8. The minimum Gasteiger partial charge on any atom is -0.475 e. The predicted molar refractivity (Wildman–Crippen MR) is 116 cm³/mol. The Morgan fingerprint density at radius 1 is 1.26 bits per heavy atom. The van der Waals surface area contributed by atoms with Crippen molar-refractivity contribution in [2.24, 2.45) is 5.92 Å². The minimum absolute atomic E-state index is 0.0317. The van der Waals surface area contributed by atoms with Crippen LogP contribution in [0.25, 0.3) is 22.4 Å². The highest BCUT2D eigenvalue weighted by Gasteiger charge is 2.29. The minimum atomic E-state index is -0.475. The van der Waals surface area contributed by atoms with Crippen molar-refractivity contribution in [3.63, 3.8) is 0 Å². The molecule has 0 unspecified atom stereocenters. The normalized spacial score (nSPS) is 13.1. The van der Waals surface area contributed by atoms with Crippen LogP contribution in [0, 0.1) is 18.7 Å². The molecule has 0 radical (unpaired) electrons. The molecule has 0 bridgehead atoms. The summed E-state index contributed by atoms with van der Waals surface area (Å²) in [6.45, 7) is 1.72. The largest absolute Gasteiger partial charge is 0.475 e. The number of hydrogen-bond donors (Lipinski definition) is 3. The number of nitrogens with two attached hydrogens (primary N) is 1. The lowest BCUT2D eigenvalue weighted by Gasteiger charge is -2.13. The van der Waals surface area contributed by atoms with Crippen LogP contribution in [-0.2, 0) is 4.79 Å². The number of nitrogens with zero attached hydrogens (tertiary/aromatic N) is 2. The molecule has 1 aliphatic carbocycles. The zero-order valence-corrected chi connectivity index (χ0v) is 17.1. The molecule has 0 aliphatic heterocycles. The van der Waals surface area contributed by atoms with E-state index in [9.17, 15) is 9.18 Å². The summed E-state index contributed by atoms with van der Waals surface area (Å²) in [5.41, 5.74) is 9.33. The number of hydrogen-bond acceptors (Lipinski definition) is 6. The smallest absolute Gasteiger partial charge is 0.228 e. The highest BCUT2D eigenvalue weighted by molar-refractivity contribution is 5.93. The number of pyridine rings is 2. The van der Waals surface area contributed by atoms with E-state index in [1.807, 2.05) is 6.07 Å². The zero-order valence-electron chi connectivity index (χ0n) is 17.1. The number of carbonyl (C=O) groups is 1. The first kappa shape index (κ1) is 20.7. The van der Waals surface area contributed by atoms with Gasteiger partial charge in [0.15, 0.2) is 0 Å². The molecule has 31 heavy (non-hydrogen) atoms. The van der Waals surface area contributed by atoms with Crippen LogP contribution in [0.5, 0.6) is 5.88 Å². The van der Waals surface area contributed by atoms with Crippen molar-refractivity contribution in [1.82, 2.24) is 9.97 Å². The number of aliphatic hydroxyl groups excluding tert-OH is 1. The summed E-state index contributed by atoms with van der Waals surface area (Å²) in [5, 5.41) is 12.0. The number of amides is 1. The molecule has 1 amide bonds. The van der Waals surface area contributed by atoms with Crippen molar-refractivity contribution in [1.29, 1.82) is 0 Å². The van der Waals surface area contributed by atoms with Crippen LogP contribution in [0.2, 0.25) is 0 Å². The van der Waals surface area contributed by atoms with Gasteiger partial charge in [-0.15, -0.1) is 0 Å². The summed E-state index contributed by atoms with van der Waals surface area (Å²) in [6, 6.07) is 10.0. The second kappa shape index (κ2) is 8.69. The van der Waals surface area contributed by atoms with Gasteiger partial charge in [-0.3, -0.25) is 4.79 Å². The topological polar surface area (TPSA) is 110 Å². The molecule has 4 N–H and O–H groups in total. The third kappa shape index (κ3) is 4.80. The third-order valence-electron chi connectivity index (χ3n) is 5.05. The van der Waals surface area contributed by atoms with Crippen molar-refractivity contribution in [2.75, 3.05) is 24.3 Å². The molecule has 1 aromatic carbocycles. The fourth-order valence-corrected chi connectivity index (χ4v) is 3.27. The number of benzene rings is 1. The first-order valence-electron chi connectivity index (χ1n) is 10.0. The molecule has 4 rings (SSSR count). The van der Waals surface area contributed by atoms with Gasteiger partial charge in [0.1, 0.15) is 18.2 Å². The maximum Gasteiger partial charge on any atom is 0.228 e. The van der Waals surface area contributed by atoms with E-state index in [1.165, 1.54) is 6.07 Å². The number of nitrogen functional groups attached to an aromatic ring is 1. The van der Waals surface area contributed by atoms with E-state index in [2.05, 4.69) is 15.3 Å². The van der Waals surface area contributed by atoms with E-state index in [0.717, 1.165) is 29.5 Å². The van der Waals surface area contributed by atoms with E-state index in [-0.39, 0.29) is 30.7 Å². The molecule has 2 heterocycles. The number of aryl methyl sites for hydroxylation is 1. The number of nitrogens with one attached hydrogen (secondary N) is 1. The van der Waals surface area contributed by atoms with Crippen molar-refractivity contribution < 1.29 is 19.0 Å². The van der Waals surface area contributed by atoms with Crippen molar-refractivity contribution >= 4 is 17.4 Å². The Bertz CT molecular complexity index is 1130. The van der Waals surface area contributed by atoms with Crippen molar-refractivity contribution in [2.45, 2.75) is 19.8 Å². The second-order valence-electron chi connectivity index (χ2n) is 7.53. The maximum absolute atomic E-state index is 13.8. The number of anilines is 2. The summed E-state index contributed by atoms with van der Waals surface area (Å²) < 4.78 is 19.4. The van der Waals surface area contributed by atoms with Gasteiger partial charge in [-0.1, -0.05) is 0 Å². The average molecular weight is 422 g/mol. The molecule has 1 saturated carbocycles. The molecule has 0 spiro atoms. The number of rotatable bonds is 7.